The monoisotopic (exact) mass is 372 g/mol. The maximum atomic E-state index is 12.4. The second kappa shape index (κ2) is 9.32. The van der Waals surface area contributed by atoms with Gasteiger partial charge in [0.1, 0.15) is 5.78 Å². The summed E-state index contributed by atoms with van der Waals surface area (Å²) in [6, 6.07) is 8.31. The van der Waals surface area contributed by atoms with Crippen LogP contribution in [0.25, 0.3) is 0 Å². The Morgan fingerprint density at radius 3 is 2.48 bits per heavy atom. The Morgan fingerprint density at radius 1 is 1.22 bits per heavy atom. The minimum atomic E-state index is -0.615. The van der Waals surface area contributed by atoms with E-state index in [1.807, 2.05) is 12.2 Å². The summed E-state index contributed by atoms with van der Waals surface area (Å²) < 4.78 is 4.62. The molecule has 0 radical (unpaired) electrons. The van der Waals surface area contributed by atoms with Gasteiger partial charge >= 0.3 is 5.97 Å². The number of allylic oxidation sites excluding steroid dienone is 2. The van der Waals surface area contributed by atoms with Crippen LogP contribution in [0.3, 0.4) is 0 Å². The molecule has 4 heteroatoms. The number of esters is 1. The van der Waals surface area contributed by atoms with Crippen LogP contribution in [0, 0.1) is 5.92 Å². The fourth-order valence-corrected chi connectivity index (χ4v) is 3.72. The van der Waals surface area contributed by atoms with E-state index in [-0.39, 0.29) is 35.4 Å². The number of ether oxygens (including phenoxy) is 1. The van der Waals surface area contributed by atoms with Crippen LogP contribution in [0.15, 0.2) is 36.4 Å². The number of ketones is 1. The van der Waals surface area contributed by atoms with Crippen LogP contribution in [0.5, 0.6) is 0 Å². The molecule has 3 atom stereocenters. The first-order valence-electron chi connectivity index (χ1n) is 9.77. The number of Topliss-reactive ketones (excluding diaryl/α,β-unsaturated/α-hetero) is 1. The van der Waals surface area contributed by atoms with Crippen molar-refractivity contribution in [3.63, 3.8) is 0 Å². The molecule has 0 aliphatic heterocycles. The van der Waals surface area contributed by atoms with Crippen LogP contribution in [0.2, 0.25) is 0 Å². The average molecular weight is 373 g/mol. The van der Waals surface area contributed by atoms with Crippen molar-refractivity contribution in [2.24, 2.45) is 5.92 Å². The van der Waals surface area contributed by atoms with Gasteiger partial charge in [-0.15, -0.1) is 0 Å². The van der Waals surface area contributed by atoms with Gasteiger partial charge in [0, 0.05) is 24.7 Å². The maximum Gasteiger partial charge on any atom is 0.305 e. The lowest BCUT2D eigenvalue weighted by molar-refractivity contribution is -0.140. The summed E-state index contributed by atoms with van der Waals surface area (Å²) in [4.78, 5) is 23.5. The van der Waals surface area contributed by atoms with Crippen molar-refractivity contribution in [3.05, 3.63) is 47.5 Å². The molecule has 0 bridgehead atoms. The van der Waals surface area contributed by atoms with E-state index in [1.54, 1.807) is 0 Å². The Hall–Kier alpha value is -1.94. The van der Waals surface area contributed by atoms with Crippen LogP contribution in [-0.2, 0) is 19.7 Å². The highest BCUT2D eigenvalue weighted by Gasteiger charge is 2.41. The van der Waals surface area contributed by atoms with Crippen molar-refractivity contribution in [1.29, 1.82) is 0 Å². The second-order valence-corrected chi connectivity index (χ2v) is 8.42. The van der Waals surface area contributed by atoms with Crippen LogP contribution in [0.4, 0.5) is 0 Å². The Balaban J connectivity index is 2.00. The number of carbonyl (C=O) groups is 2. The van der Waals surface area contributed by atoms with Gasteiger partial charge in [-0.05, 0) is 35.8 Å². The topological polar surface area (TPSA) is 63.6 Å². The molecule has 1 aromatic rings. The predicted octanol–water partition coefficient (Wildman–Crippen LogP) is 4.31. The van der Waals surface area contributed by atoms with Crippen molar-refractivity contribution in [3.8, 4) is 0 Å². The second-order valence-electron chi connectivity index (χ2n) is 8.42. The molecule has 1 aromatic carbocycles. The Labute approximate surface area is 162 Å². The number of aliphatic hydroxyl groups is 1. The summed E-state index contributed by atoms with van der Waals surface area (Å²) in [5, 5.41) is 10.4. The molecular formula is C23H32O4. The predicted molar refractivity (Wildman–Crippen MR) is 107 cm³/mol. The molecule has 0 amide bonds. The quantitative estimate of drug-likeness (QED) is 0.440. The Kier molecular flexibility index (Phi) is 7.37. The van der Waals surface area contributed by atoms with Gasteiger partial charge in [0.05, 0.1) is 13.2 Å². The molecule has 3 unspecified atom stereocenters. The van der Waals surface area contributed by atoms with Gasteiger partial charge in [0.25, 0.3) is 0 Å². The summed E-state index contributed by atoms with van der Waals surface area (Å²) >= 11 is 0. The SMILES string of the molecule is COC(=O)CCC/C=C/CC1C(=O)CC(O)C1c1ccc(C(C)(C)C)cc1. The highest BCUT2D eigenvalue weighted by molar-refractivity contribution is 5.85. The van der Waals surface area contributed by atoms with Crippen LogP contribution in [-0.4, -0.2) is 30.1 Å². The first kappa shape index (κ1) is 21.4. The van der Waals surface area contributed by atoms with Crippen LogP contribution in [0.1, 0.15) is 69.9 Å². The maximum absolute atomic E-state index is 12.4. The fraction of sp³-hybridized carbons (Fsp3) is 0.565. The zero-order valence-electron chi connectivity index (χ0n) is 16.9. The van der Waals surface area contributed by atoms with Gasteiger partial charge in [0.15, 0.2) is 0 Å². The molecule has 0 aromatic heterocycles. The van der Waals surface area contributed by atoms with E-state index in [2.05, 4.69) is 49.8 Å². The van der Waals surface area contributed by atoms with Crippen molar-refractivity contribution in [1.82, 2.24) is 0 Å². The van der Waals surface area contributed by atoms with Crippen molar-refractivity contribution >= 4 is 11.8 Å². The van der Waals surface area contributed by atoms with Gasteiger partial charge in [-0.2, -0.15) is 0 Å². The lowest BCUT2D eigenvalue weighted by Gasteiger charge is -2.23. The third-order valence-electron chi connectivity index (χ3n) is 5.37. The number of aliphatic hydroxyl groups excluding tert-OH is 1. The third kappa shape index (κ3) is 5.77. The highest BCUT2D eigenvalue weighted by Crippen LogP contribution is 2.40. The standard InChI is InChI=1S/C23H32O4/c1-23(2,3)17-13-11-16(12-14-17)22-18(19(24)15-20(22)25)9-7-5-6-8-10-21(26)27-4/h5,7,11-14,18,20,22,25H,6,8-10,15H2,1-4H3/b7-5+. The molecule has 1 aliphatic rings. The molecule has 27 heavy (non-hydrogen) atoms. The molecule has 2 rings (SSSR count). The van der Waals surface area contributed by atoms with E-state index in [4.69, 9.17) is 0 Å². The van der Waals surface area contributed by atoms with Crippen molar-refractivity contribution < 1.29 is 19.4 Å². The van der Waals surface area contributed by atoms with E-state index < -0.39 is 6.10 Å². The van der Waals surface area contributed by atoms with E-state index in [9.17, 15) is 14.7 Å². The zero-order chi connectivity index (χ0) is 20.0. The molecule has 0 saturated heterocycles. The summed E-state index contributed by atoms with van der Waals surface area (Å²) in [7, 11) is 1.39. The number of rotatable bonds is 7. The molecular weight excluding hydrogens is 340 g/mol. The molecule has 1 aliphatic carbocycles. The summed E-state index contributed by atoms with van der Waals surface area (Å²) in [6.07, 6.45) is 6.19. The van der Waals surface area contributed by atoms with Gasteiger partial charge in [-0.1, -0.05) is 57.2 Å². The normalized spacial score (nSPS) is 23.1. The largest absolute Gasteiger partial charge is 0.469 e. The van der Waals surface area contributed by atoms with Gasteiger partial charge in [-0.25, -0.2) is 0 Å². The summed E-state index contributed by atoms with van der Waals surface area (Å²) in [5.41, 5.74) is 2.35. The fourth-order valence-electron chi connectivity index (χ4n) is 3.72. The minimum absolute atomic E-state index is 0.0784. The smallest absolute Gasteiger partial charge is 0.305 e. The molecule has 0 spiro atoms. The average Bonchev–Trinajstić information content (AvgIpc) is 2.90. The van der Waals surface area contributed by atoms with E-state index in [1.165, 1.54) is 12.7 Å². The Bertz CT molecular complexity index is 667. The van der Waals surface area contributed by atoms with Gasteiger partial charge in [-0.3, -0.25) is 9.59 Å². The molecule has 1 N–H and O–H groups in total. The first-order valence-corrected chi connectivity index (χ1v) is 9.77. The molecule has 1 fully saturated rings. The molecule has 148 valence electrons. The number of unbranched alkanes of at least 4 members (excludes halogenated alkanes) is 1. The Morgan fingerprint density at radius 2 is 1.89 bits per heavy atom. The van der Waals surface area contributed by atoms with Crippen molar-refractivity contribution in [2.45, 2.75) is 70.3 Å². The lowest BCUT2D eigenvalue weighted by atomic mass is 9.82. The third-order valence-corrected chi connectivity index (χ3v) is 5.37. The zero-order valence-corrected chi connectivity index (χ0v) is 16.9. The first-order chi connectivity index (χ1) is 12.7. The number of hydrogen-bond donors (Lipinski definition) is 1. The van der Waals surface area contributed by atoms with E-state index >= 15 is 0 Å². The van der Waals surface area contributed by atoms with Crippen LogP contribution < -0.4 is 0 Å². The van der Waals surface area contributed by atoms with Crippen molar-refractivity contribution in [2.75, 3.05) is 7.11 Å². The minimum Gasteiger partial charge on any atom is -0.469 e. The van der Waals surface area contributed by atoms with E-state index in [0.29, 0.717) is 12.8 Å². The summed E-state index contributed by atoms with van der Waals surface area (Å²) in [5.74, 6) is -0.397. The lowest BCUT2D eigenvalue weighted by Crippen LogP contribution is -2.19. The van der Waals surface area contributed by atoms with Crippen LogP contribution >= 0.6 is 0 Å². The number of methoxy groups -OCH3 is 1. The molecule has 4 nitrogen and oxygen atoms in total. The number of benzene rings is 1. The van der Waals surface area contributed by atoms with E-state index in [0.717, 1.165) is 18.4 Å². The molecule has 1 saturated carbocycles. The number of carbonyl (C=O) groups excluding carboxylic acids is 2. The summed E-state index contributed by atoms with van der Waals surface area (Å²) in [6.45, 7) is 6.51. The highest BCUT2D eigenvalue weighted by atomic mass is 16.5. The molecule has 0 heterocycles. The van der Waals surface area contributed by atoms with Gasteiger partial charge in [0.2, 0.25) is 0 Å². The van der Waals surface area contributed by atoms with Gasteiger partial charge < -0.3 is 9.84 Å². The number of hydrogen-bond acceptors (Lipinski definition) is 4.